The molecule has 2 heterocycles. The van der Waals surface area contributed by atoms with Gasteiger partial charge in [0.1, 0.15) is 5.25 Å². The highest BCUT2D eigenvalue weighted by molar-refractivity contribution is 7.99. The van der Waals surface area contributed by atoms with Crippen LogP contribution in [0.25, 0.3) is 0 Å². The smallest absolute Gasteiger partial charge is 0.318 e. The quantitative estimate of drug-likeness (QED) is 0.389. The standard InChI is InChI=1S/C14H18N2O6S/c17-10-4-5-11(18)15(10)8-2-1-3-9(14(21)22)23-16-12(19)6-7-13(16)20/h9H,1-8H2,(H,21,22)/t9-/m0/s1. The van der Waals surface area contributed by atoms with Gasteiger partial charge in [-0.3, -0.25) is 28.9 Å². The van der Waals surface area contributed by atoms with Gasteiger partial charge in [0.05, 0.1) is 0 Å². The Hall–Kier alpha value is -1.90. The highest BCUT2D eigenvalue weighted by atomic mass is 32.2. The van der Waals surface area contributed by atoms with E-state index in [1.807, 2.05) is 0 Å². The summed E-state index contributed by atoms with van der Waals surface area (Å²) in [6, 6.07) is 0. The third-order valence-corrected chi connectivity index (χ3v) is 5.08. The van der Waals surface area contributed by atoms with Crippen LogP contribution in [0.4, 0.5) is 0 Å². The van der Waals surface area contributed by atoms with Crippen LogP contribution in [0, 0.1) is 0 Å². The summed E-state index contributed by atoms with van der Waals surface area (Å²) < 4.78 is 0.937. The number of imide groups is 2. The number of hydrogen-bond donors (Lipinski definition) is 1. The Bertz CT molecular complexity index is 517. The van der Waals surface area contributed by atoms with E-state index in [1.54, 1.807) is 0 Å². The number of aliphatic carboxylic acids is 1. The molecule has 0 bridgehead atoms. The maximum atomic E-state index is 11.5. The third kappa shape index (κ3) is 4.31. The number of rotatable bonds is 8. The van der Waals surface area contributed by atoms with Crippen molar-refractivity contribution in [3.05, 3.63) is 0 Å². The highest BCUT2D eigenvalue weighted by Crippen LogP contribution is 2.28. The normalized spacial score (nSPS) is 19.8. The van der Waals surface area contributed by atoms with Gasteiger partial charge in [0.25, 0.3) is 0 Å². The van der Waals surface area contributed by atoms with E-state index in [1.165, 1.54) is 4.90 Å². The molecule has 126 valence electrons. The minimum absolute atomic E-state index is 0.122. The monoisotopic (exact) mass is 342 g/mol. The number of nitrogens with zero attached hydrogens (tertiary/aromatic N) is 2. The van der Waals surface area contributed by atoms with E-state index >= 15 is 0 Å². The van der Waals surface area contributed by atoms with E-state index in [4.69, 9.17) is 0 Å². The zero-order chi connectivity index (χ0) is 17.0. The Kier molecular flexibility index (Phi) is 5.75. The molecule has 23 heavy (non-hydrogen) atoms. The SMILES string of the molecule is O=C(O)[C@H](CCCCN1C(=O)CCC1=O)SN1C(=O)CCC1=O. The fourth-order valence-electron chi connectivity index (χ4n) is 2.49. The number of hydrogen-bond acceptors (Lipinski definition) is 6. The molecule has 2 aliphatic rings. The van der Waals surface area contributed by atoms with Crippen LogP contribution in [0.3, 0.4) is 0 Å². The van der Waals surface area contributed by atoms with E-state index in [0.717, 1.165) is 16.3 Å². The molecular formula is C14H18N2O6S. The lowest BCUT2D eigenvalue weighted by Gasteiger charge is -2.18. The van der Waals surface area contributed by atoms with Crippen molar-refractivity contribution >= 4 is 41.5 Å². The zero-order valence-corrected chi connectivity index (χ0v) is 13.3. The van der Waals surface area contributed by atoms with Gasteiger partial charge in [-0.05, 0) is 31.2 Å². The molecule has 2 fully saturated rings. The lowest BCUT2D eigenvalue weighted by atomic mass is 10.2. The Morgan fingerprint density at radius 1 is 0.957 bits per heavy atom. The summed E-state index contributed by atoms with van der Waals surface area (Å²) in [5.41, 5.74) is 0. The molecule has 1 N–H and O–H groups in total. The summed E-state index contributed by atoms with van der Waals surface area (Å²) in [6.45, 7) is 0.288. The van der Waals surface area contributed by atoms with Gasteiger partial charge < -0.3 is 5.11 Å². The Balaban J connectivity index is 1.78. The van der Waals surface area contributed by atoms with Gasteiger partial charge in [-0.2, -0.15) is 0 Å². The molecule has 0 spiro atoms. The van der Waals surface area contributed by atoms with Crippen molar-refractivity contribution in [1.29, 1.82) is 0 Å². The minimum Gasteiger partial charge on any atom is -0.480 e. The largest absolute Gasteiger partial charge is 0.480 e. The van der Waals surface area contributed by atoms with Crippen molar-refractivity contribution in [2.75, 3.05) is 6.54 Å². The highest BCUT2D eigenvalue weighted by Gasteiger charge is 2.34. The van der Waals surface area contributed by atoms with Crippen molar-refractivity contribution in [3.63, 3.8) is 0 Å². The van der Waals surface area contributed by atoms with Crippen LogP contribution >= 0.6 is 11.9 Å². The van der Waals surface area contributed by atoms with Gasteiger partial charge in [0.15, 0.2) is 0 Å². The van der Waals surface area contributed by atoms with Crippen LogP contribution in [-0.4, -0.2) is 55.7 Å². The predicted molar refractivity (Wildman–Crippen MR) is 79.9 cm³/mol. The second kappa shape index (κ2) is 7.58. The maximum absolute atomic E-state index is 11.5. The Morgan fingerprint density at radius 2 is 1.48 bits per heavy atom. The Labute approximate surface area is 137 Å². The zero-order valence-electron chi connectivity index (χ0n) is 12.5. The summed E-state index contributed by atoms with van der Waals surface area (Å²) in [5, 5.41) is 8.32. The molecule has 0 aromatic carbocycles. The maximum Gasteiger partial charge on any atom is 0.318 e. The van der Waals surface area contributed by atoms with E-state index in [-0.39, 0.29) is 62.3 Å². The first-order valence-electron chi connectivity index (χ1n) is 7.48. The molecule has 9 heteroatoms. The van der Waals surface area contributed by atoms with Gasteiger partial charge >= 0.3 is 5.97 Å². The van der Waals surface area contributed by atoms with Crippen LogP contribution < -0.4 is 0 Å². The van der Waals surface area contributed by atoms with Crippen molar-refractivity contribution in [2.45, 2.75) is 50.2 Å². The molecule has 0 aliphatic carbocycles. The van der Waals surface area contributed by atoms with Gasteiger partial charge in [-0.25, -0.2) is 4.31 Å². The second-order valence-corrected chi connectivity index (χ2v) is 6.59. The first-order chi connectivity index (χ1) is 10.9. The molecule has 0 aromatic rings. The Morgan fingerprint density at radius 3 is 2.00 bits per heavy atom. The molecule has 0 radical (unpaired) electrons. The lowest BCUT2D eigenvalue weighted by molar-refractivity contribution is -0.139. The number of unbranched alkanes of at least 4 members (excludes halogenated alkanes) is 1. The topological polar surface area (TPSA) is 112 Å². The molecule has 4 amide bonds. The molecule has 2 saturated heterocycles. The number of carboxylic acids is 1. The van der Waals surface area contributed by atoms with E-state index in [0.29, 0.717) is 12.8 Å². The average molecular weight is 342 g/mol. The summed E-state index contributed by atoms with van der Waals surface area (Å²) in [4.78, 5) is 58.4. The van der Waals surface area contributed by atoms with Gasteiger partial charge in [-0.1, -0.05) is 0 Å². The minimum atomic E-state index is -1.09. The van der Waals surface area contributed by atoms with Crippen molar-refractivity contribution in [3.8, 4) is 0 Å². The summed E-state index contributed by atoms with van der Waals surface area (Å²) >= 11 is 0.748. The first-order valence-corrected chi connectivity index (χ1v) is 8.32. The average Bonchev–Trinajstić information content (AvgIpc) is 2.98. The molecule has 0 unspecified atom stereocenters. The fraction of sp³-hybridized carbons (Fsp3) is 0.643. The molecule has 1 atom stereocenters. The molecule has 2 rings (SSSR count). The molecule has 0 saturated carbocycles. The number of carbonyl (C=O) groups is 5. The molecule has 8 nitrogen and oxygen atoms in total. The molecular weight excluding hydrogens is 324 g/mol. The summed E-state index contributed by atoms with van der Waals surface area (Å²) in [6.07, 6.45) is 1.97. The number of amides is 4. The third-order valence-electron chi connectivity index (χ3n) is 3.77. The number of likely N-dealkylation sites (tertiary alicyclic amines) is 1. The molecule has 0 aromatic heterocycles. The lowest BCUT2D eigenvalue weighted by Crippen LogP contribution is -2.31. The van der Waals surface area contributed by atoms with Crippen LogP contribution in [0.2, 0.25) is 0 Å². The van der Waals surface area contributed by atoms with Gasteiger partial charge in [0.2, 0.25) is 23.6 Å². The summed E-state index contributed by atoms with van der Waals surface area (Å²) in [5.74, 6) is -2.19. The van der Waals surface area contributed by atoms with Gasteiger partial charge in [-0.15, -0.1) is 0 Å². The summed E-state index contributed by atoms with van der Waals surface area (Å²) in [7, 11) is 0. The number of carbonyl (C=O) groups excluding carboxylic acids is 4. The van der Waals surface area contributed by atoms with Crippen LogP contribution in [0.1, 0.15) is 44.9 Å². The van der Waals surface area contributed by atoms with Crippen LogP contribution in [0.5, 0.6) is 0 Å². The van der Waals surface area contributed by atoms with Gasteiger partial charge in [0, 0.05) is 32.2 Å². The van der Waals surface area contributed by atoms with E-state index in [9.17, 15) is 29.1 Å². The number of carboxylic acid groups (broad SMARTS) is 1. The first kappa shape index (κ1) is 17.5. The van der Waals surface area contributed by atoms with E-state index < -0.39 is 11.2 Å². The van der Waals surface area contributed by atoms with Crippen molar-refractivity contribution in [1.82, 2.24) is 9.21 Å². The molecule has 2 aliphatic heterocycles. The van der Waals surface area contributed by atoms with E-state index in [2.05, 4.69) is 0 Å². The second-order valence-electron chi connectivity index (χ2n) is 5.45. The predicted octanol–water partition coefficient (Wildman–Crippen LogP) is 0.556. The van der Waals surface area contributed by atoms with Crippen molar-refractivity contribution < 1.29 is 29.1 Å². The fourth-order valence-corrected chi connectivity index (χ4v) is 3.53. The van der Waals surface area contributed by atoms with Crippen LogP contribution in [-0.2, 0) is 24.0 Å². The van der Waals surface area contributed by atoms with Crippen LogP contribution in [0.15, 0.2) is 0 Å². The van der Waals surface area contributed by atoms with Crippen molar-refractivity contribution in [2.24, 2.45) is 0 Å².